The number of aromatic nitrogens is 2. The molecular weight excluding hydrogens is 384 g/mol. The molecule has 0 atom stereocenters. The maximum Gasteiger partial charge on any atom is 0.271 e. The molecule has 1 saturated carbocycles. The summed E-state index contributed by atoms with van der Waals surface area (Å²) >= 11 is 3.37. The van der Waals surface area contributed by atoms with Gasteiger partial charge in [-0.1, -0.05) is 0 Å². The van der Waals surface area contributed by atoms with Crippen molar-refractivity contribution in [3.05, 3.63) is 52.5 Å². The largest absolute Gasteiger partial charge is 0.490 e. The highest BCUT2D eigenvalue weighted by atomic mass is 79.9. The minimum Gasteiger partial charge on any atom is -0.490 e. The van der Waals surface area contributed by atoms with Crippen molar-refractivity contribution < 1.29 is 9.53 Å². The number of hydrogen-bond donors (Lipinski definition) is 1. The van der Waals surface area contributed by atoms with Gasteiger partial charge in [0.05, 0.1) is 17.9 Å². The fraction of sp³-hybridized carbons (Fsp3) is 0.333. The van der Waals surface area contributed by atoms with Crippen LogP contribution in [0.15, 0.2) is 41.3 Å². The highest BCUT2D eigenvalue weighted by Crippen LogP contribution is 2.27. The molecule has 0 unspecified atom stereocenters. The molecule has 0 radical (unpaired) electrons. The molecule has 0 bridgehead atoms. The monoisotopic (exact) mass is 400 g/mol. The highest BCUT2D eigenvalue weighted by Gasteiger charge is 2.24. The van der Waals surface area contributed by atoms with Crippen molar-refractivity contribution in [2.45, 2.75) is 37.8 Å². The summed E-state index contributed by atoms with van der Waals surface area (Å²) in [5.41, 5.74) is 0.922. The number of rotatable bonds is 4. The lowest BCUT2D eigenvalue weighted by atomic mass is 9.93. The standard InChI is InChI=1S/C18H17BrN4O2/c19-16-9-15(4-1-12(16)10-20)25-14-5-2-13(3-6-14)23-18(24)17-11-21-7-8-22-17/h1,4,7-9,11,13-14H,2-3,5-6H2,(H,23,24)/t13-,14-. The summed E-state index contributed by atoms with van der Waals surface area (Å²) < 4.78 is 6.73. The Morgan fingerprint density at radius 1 is 1.28 bits per heavy atom. The van der Waals surface area contributed by atoms with Gasteiger partial charge in [-0.05, 0) is 59.8 Å². The van der Waals surface area contributed by atoms with E-state index in [0.717, 1.165) is 35.9 Å². The van der Waals surface area contributed by atoms with Crippen LogP contribution < -0.4 is 10.1 Å². The van der Waals surface area contributed by atoms with Crippen molar-refractivity contribution in [3.63, 3.8) is 0 Å². The first-order chi connectivity index (χ1) is 12.2. The fourth-order valence-electron chi connectivity index (χ4n) is 2.85. The molecule has 3 rings (SSSR count). The number of amides is 1. The molecule has 1 aromatic carbocycles. The molecule has 128 valence electrons. The molecule has 1 aliphatic carbocycles. The van der Waals surface area contributed by atoms with Gasteiger partial charge >= 0.3 is 0 Å². The van der Waals surface area contributed by atoms with Gasteiger partial charge in [-0.25, -0.2) is 4.98 Å². The number of nitrogens with one attached hydrogen (secondary N) is 1. The zero-order valence-electron chi connectivity index (χ0n) is 13.5. The van der Waals surface area contributed by atoms with Crippen LogP contribution >= 0.6 is 15.9 Å². The van der Waals surface area contributed by atoms with E-state index in [1.54, 1.807) is 12.3 Å². The van der Waals surface area contributed by atoms with Gasteiger partial charge in [0.15, 0.2) is 0 Å². The van der Waals surface area contributed by atoms with E-state index >= 15 is 0 Å². The molecule has 1 amide bonds. The van der Waals surface area contributed by atoms with Crippen LogP contribution in [0.5, 0.6) is 5.75 Å². The second-order valence-corrected chi connectivity index (χ2v) is 6.76. The Hall–Kier alpha value is -2.46. The number of carbonyl (C=O) groups is 1. The summed E-state index contributed by atoms with van der Waals surface area (Å²) in [6.45, 7) is 0. The van der Waals surface area contributed by atoms with Crippen LogP contribution in [0.25, 0.3) is 0 Å². The van der Waals surface area contributed by atoms with Gasteiger partial charge in [0.1, 0.15) is 17.5 Å². The number of hydrogen-bond acceptors (Lipinski definition) is 5. The molecule has 2 aromatic rings. The first-order valence-electron chi connectivity index (χ1n) is 8.09. The molecule has 1 aromatic heterocycles. The average Bonchev–Trinajstić information content (AvgIpc) is 2.64. The lowest BCUT2D eigenvalue weighted by molar-refractivity contribution is 0.0888. The molecule has 0 saturated heterocycles. The van der Waals surface area contributed by atoms with Crippen molar-refractivity contribution in [2.75, 3.05) is 0 Å². The summed E-state index contributed by atoms with van der Waals surface area (Å²) in [5, 5.41) is 12.0. The van der Waals surface area contributed by atoms with Crippen molar-refractivity contribution >= 4 is 21.8 Å². The van der Waals surface area contributed by atoms with Gasteiger partial charge in [0.2, 0.25) is 0 Å². The Labute approximate surface area is 154 Å². The molecule has 0 aliphatic heterocycles. The summed E-state index contributed by atoms with van der Waals surface area (Å²) in [7, 11) is 0. The van der Waals surface area contributed by atoms with E-state index in [1.807, 2.05) is 12.1 Å². The summed E-state index contributed by atoms with van der Waals surface area (Å²) in [4.78, 5) is 20.0. The second-order valence-electron chi connectivity index (χ2n) is 5.91. The summed E-state index contributed by atoms with van der Waals surface area (Å²) in [6.07, 6.45) is 8.07. The molecule has 0 spiro atoms. The number of nitrogens with zero attached hydrogens (tertiary/aromatic N) is 3. The van der Waals surface area contributed by atoms with Crippen molar-refractivity contribution in [3.8, 4) is 11.8 Å². The van der Waals surface area contributed by atoms with E-state index in [4.69, 9.17) is 10.00 Å². The summed E-state index contributed by atoms with van der Waals surface area (Å²) in [5.74, 6) is 0.561. The maximum absolute atomic E-state index is 12.1. The Bertz CT molecular complexity index is 783. The van der Waals surface area contributed by atoms with Gasteiger partial charge in [0, 0.05) is 22.9 Å². The lowest BCUT2D eigenvalue weighted by Gasteiger charge is -2.29. The molecule has 1 fully saturated rings. The third-order valence-corrected chi connectivity index (χ3v) is 4.83. The highest BCUT2D eigenvalue weighted by molar-refractivity contribution is 9.10. The Morgan fingerprint density at radius 2 is 2.08 bits per heavy atom. The van der Waals surface area contributed by atoms with Crippen molar-refractivity contribution in [1.29, 1.82) is 5.26 Å². The predicted molar refractivity (Wildman–Crippen MR) is 95.0 cm³/mol. The Morgan fingerprint density at radius 3 is 2.72 bits per heavy atom. The maximum atomic E-state index is 12.1. The molecule has 7 heteroatoms. The van der Waals surface area contributed by atoms with Gasteiger partial charge in [-0.2, -0.15) is 5.26 Å². The average molecular weight is 401 g/mol. The molecule has 1 aliphatic rings. The lowest BCUT2D eigenvalue weighted by Crippen LogP contribution is -2.40. The van der Waals surface area contributed by atoms with Gasteiger partial charge < -0.3 is 10.1 Å². The second kappa shape index (κ2) is 8.08. The number of benzene rings is 1. The van der Waals surface area contributed by atoms with Gasteiger partial charge in [-0.3, -0.25) is 9.78 Å². The van der Waals surface area contributed by atoms with Crippen LogP contribution in [-0.4, -0.2) is 28.0 Å². The van der Waals surface area contributed by atoms with Crippen LogP contribution in [0.4, 0.5) is 0 Å². The van der Waals surface area contributed by atoms with Gasteiger partial charge in [-0.15, -0.1) is 0 Å². The molecule has 6 nitrogen and oxygen atoms in total. The minimum absolute atomic E-state index is 0.115. The quantitative estimate of drug-likeness (QED) is 0.850. The predicted octanol–water partition coefficient (Wildman–Crippen LogP) is 3.23. The van der Waals surface area contributed by atoms with E-state index in [1.165, 1.54) is 12.4 Å². The molecule has 1 N–H and O–H groups in total. The topological polar surface area (TPSA) is 87.9 Å². The fourth-order valence-corrected chi connectivity index (χ4v) is 3.30. The van der Waals surface area contributed by atoms with Crippen LogP contribution in [0.1, 0.15) is 41.7 Å². The number of carbonyl (C=O) groups excluding carboxylic acids is 1. The third kappa shape index (κ3) is 4.54. The van der Waals surface area contributed by atoms with E-state index in [2.05, 4.69) is 37.3 Å². The van der Waals surface area contributed by atoms with Gasteiger partial charge in [0.25, 0.3) is 5.91 Å². The van der Waals surface area contributed by atoms with Crippen molar-refractivity contribution in [2.24, 2.45) is 0 Å². The van der Waals surface area contributed by atoms with Crippen LogP contribution in [0, 0.1) is 11.3 Å². The minimum atomic E-state index is -0.187. The number of halogens is 1. The molecular formula is C18H17BrN4O2. The Balaban J connectivity index is 1.50. The van der Waals surface area contributed by atoms with E-state index in [0.29, 0.717) is 11.3 Å². The van der Waals surface area contributed by atoms with E-state index < -0.39 is 0 Å². The SMILES string of the molecule is N#Cc1ccc(O[C@H]2CC[C@H](NC(=O)c3cnccn3)CC2)cc1Br. The Kier molecular flexibility index (Phi) is 5.61. The zero-order valence-corrected chi connectivity index (χ0v) is 15.1. The van der Waals surface area contributed by atoms with Crippen LogP contribution in [0.3, 0.4) is 0 Å². The number of ether oxygens (including phenoxy) is 1. The third-order valence-electron chi connectivity index (χ3n) is 4.17. The van der Waals surface area contributed by atoms with Crippen LogP contribution in [0.2, 0.25) is 0 Å². The number of nitriles is 1. The van der Waals surface area contributed by atoms with Crippen LogP contribution in [-0.2, 0) is 0 Å². The first kappa shape index (κ1) is 17.4. The molecule has 1 heterocycles. The van der Waals surface area contributed by atoms with Crippen molar-refractivity contribution in [1.82, 2.24) is 15.3 Å². The zero-order chi connectivity index (χ0) is 17.6. The summed E-state index contributed by atoms with van der Waals surface area (Å²) in [6, 6.07) is 7.61. The smallest absolute Gasteiger partial charge is 0.271 e. The normalized spacial score (nSPS) is 19.7. The molecule has 25 heavy (non-hydrogen) atoms. The van der Waals surface area contributed by atoms with E-state index in [9.17, 15) is 4.79 Å². The van der Waals surface area contributed by atoms with E-state index in [-0.39, 0.29) is 18.1 Å². The first-order valence-corrected chi connectivity index (χ1v) is 8.88.